The summed E-state index contributed by atoms with van der Waals surface area (Å²) in [6, 6.07) is 0. The minimum absolute atomic E-state index is 0.00405. The molecule has 7 heteroatoms. The van der Waals surface area contributed by atoms with Crippen molar-refractivity contribution in [3.8, 4) is 0 Å². The van der Waals surface area contributed by atoms with E-state index in [1.807, 2.05) is 34.7 Å². The second-order valence-corrected chi connectivity index (χ2v) is 7.45. The molecule has 7 nitrogen and oxygen atoms in total. The number of likely N-dealkylation sites (N-methyl/N-ethyl adjacent to an activating group) is 1. The van der Waals surface area contributed by atoms with Crippen molar-refractivity contribution < 1.29 is 19.1 Å². The molecule has 3 N–H and O–H groups in total. The molecule has 25 heavy (non-hydrogen) atoms. The van der Waals surface area contributed by atoms with Crippen LogP contribution < -0.4 is 16.0 Å². The van der Waals surface area contributed by atoms with E-state index in [1.54, 1.807) is 0 Å². The van der Waals surface area contributed by atoms with Crippen LogP contribution in [0.15, 0.2) is 0 Å². The second-order valence-electron chi connectivity index (χ2n) is 7.45. The molecule has 0 saturated carbocycles. The van der Waals surface area contributed by atoms with Gasteiger partial charge in [-0.2, -0.15) is 0 Å². The van der Waals surface area contributed by atoms with E-state index in [0.29, 0.717) is 39.3 Å². The molecule has 0 heterocycles. The van der Waals surface area contributed by atoms with Crippen molar-refractivity contribution >= 4 is 11.8 Å². The van der Waals surface area contributed by atoms with Gasteiger partial charge in [0.15, 0.2) is 0 Å². The Kier molecular flexibility index (Phi) is 11.6. The zero-order valence-corrected chi connectivity index (χ0v) is 16.8. The molecule has 0 aliphatic rings. The summed E-state index contributed by atoms with van der Waals surface area (Å²) in [5.74, 6) is -0.0343. The van der Waals surface area contributed by atoms with Crippen molar-refractivity contribution in [2.75, 3.05) is 46.5 Å². The maximum absolute atomic E-state index is 12.3. The van der Waals surface area contributed by atoms with E-state index in [-0.39, 0.29) is 17.4 Å². The Morgan fingerprint density at radius 2 is 1.52 bits per heavy atom. The third kappa shape index (κ3) is 12.8. The fraction of sp³-hybridized carbons (Fsp3) is 0.889. The van der Waals surface area contributed by atoms with Crippen LogP contribution in [-0.4, -0.2) is 63.9 Å². The molecule has 0 spiro atoms. The maximum atomic E-state index is 12.3. The molecule has 0 aromatic carbocycles. The summed E-state index contributed by atoms with van der Waals surface area (Å²) in [7, 11) is 1.87. The molecular weight excluding hydrogens is 322 g/mol. The van der Waals surface area contributed by atoms with Crippen molar-refractivity contribution in [1.29, 1.82) is 0 Å². The molecule has 0 aromatic heterocycles. The number of carbonyl (C=O) groups excluding carboxylic acids is 2. The smallest absolute Gasteiger partial charge is 0.225 e. The van der Waals surface area contributed by atoms with Crippen LogP contribution in [0.1, 0.15) is 47.5 Å². The average molecular weight is 360 g/mol. The molecule has 0 atom stereocenters. The SMILES string of the molecule is CNCCOCCNC(=O)C(C)(C)CCOC(C)(C)CCNC(C)=O. The van der Waals surface area contributed by atoms with Crippen molar-refractivity contribution in [1.82, 2.24) is 16.0 Å². The van der Waals surface area contributed by atoms with Gasteiger partial charge in [-0.25, -0.2) is 0 Å². The van der Waals surface area contributed by atoms with E-state index >= 15 is 0 Å². The molecule has 0 rings (SSSR count). The van der Waals surface area contributed by atoms with Crippen molar-refractivity contribution in [3.63, 3.8) is 0 Å². The zero-order chi connectivity index (χ0) is 19.3. The van der Waals surface area contributed by atoms with Crippen molar-refractivity contribution in [2.45, 2.75) is 53.1 Å². The Balaban J connectivity index is 4.00. The summed E-state index contributed by atoms with van der Waals surface area (Å²) < 4.78 is 11.3. The van der Waals surface area contributed by atoms with Crippen LogP contribution in [0, 0.1) is 5.41 Å². The lowest BCUT2D eigenvalue weighted by Gasteiger charge is -2.29. The van der Waals surface area contributed by atoms with Gasteiger partial charge in [-0.05, 0) is 33.7 Å². The minimum atomic E-state index is -0.501. The van der Waals surface area contributed by atoms with Gasteiger partial charge in [-0.1, -0.05) is 13.8 Å². The van der Waals surface area contributed by atoms with Gasteiger partial charge >= 0.3 is 0 Å². The van der Waals surface area contributed by atoms with E-state index in [0.717, 1.165) is 13.0 Å². The van der Waals surface area contributed by atoms with Crippen LogP contribution in [0.3, 0.4) is 0 Å². The number of nitrogens with one attached hydrogen (secondary N) is 3. The normalized spacial score (nSPS) is 12.1. The number of amides is 2. The Morgan fingerprint density at radius 3 is 2.12 bits per heavy atom. The van der Waals surface area contributed by atoms with Crippen molar-refractivity contribution in [2.24, 2.45) is 5.41 Å². The van der Waals surface area contributed by atoms with Gasteiger partial charge in [-0.15, -0.1) is 0 Å². The summed E-state index contributed by atoms with van der Waals surface area (Å²) in [5, 5.41) is 8.67. The standard InChI is InChI=1S/C18H37N3O4/c1-15(22)20-9-7-18(4,5)25-12-8-17(2,3)16(23)21-11-14-24-13-10-19-6/h19H,7-14H2,1-6H3,(H,20,22)(H,21,23). The van der Waals surface area contributed by atoms with E-state index in [4.69, 9.17) is 9.47 Å². The first-order valence-corrected chi connectivity index (χ1v) is 9.00. The lowest BCUT2D eigenvalue weighted by molar-refractivity contribution is -0.131. The minimum Gasteiger partial charge on any atom is -0.378 e. The van der Waals surface area contributed by atoms with Gasteiger partial charge in [-0.3, -0.25) is 9.59 Å². The summed E-state index contributed by atoms with van der Waals surface area (Å²) in [4.78, 5) is 23.2. The molecule has 0 aliphatic heterocycles. The van der Waals surface area contributed by atoms with E-state index in [2.05, 4.69) is 16.0 Å². The van der Waals surface area contributed by atoms with Crippen LogP contribution in [0.5, 0.6) is 0 Å². The predicted molar refractivity (Wildman–Crippen MR) is 99.5 cm³/mol. The molecule has 148 valence electrons. The molecular formula is C18H37N3O4. The number of hydrogen-bond acceptors (Lipinski definition) is 5. The Hall–Kier alpha value is -1.18. The van der Waals surface area contributed by atoms with Crippen LogP contribution >= 0.6 is 0 Å². The summed E-state index contributed by atoms with van der Waals surface area (Å²) in [6.45, 7) is 12.8. The summed E-state index contributed by atoms with van der Waals surface area (Å²) in [6.07, 6.45) is 1.35. The van der Waals surface area contributed by atoms with E-state index in [9.17, 15) is 9.59 Å². The van der Waals surface area contributed by atoms with E-state index in [1.165, 1.54) is 6.92 Å². The monoisotopic (exact) mass is 359 g/mol. The highest BCUT2D eigenvalue weighted by Gasteiger charge is 2.28. The molecule has 2 amide bonds. The lowest BCUT2D eigenvalue weighted by Crippen LogP contribution is -2.40. The number of ether oxygens (including phenoxy) is 2. The van der Waals surface area contributed by atoms with Crippen molar-refractivity contribution in [3.05, 3.63) is 0 Å². The topological polar surface area (TPSA) is 88.7 Å². The summed E-state index contributed by atoms with van der Waals surface area (Å²) >= 11 is 0. The molecule has 0 bridgehead atoms. The first-order chi connectivity index (χ1) is 11.6. The Labute approximate surface area is 152 Å². The first-order valence-electron chi connectivity index (χ1n) is 9.00. The van der Waals surface area contributed by atoms with Gasteiger partial charge in [0, 0.05) is 38.6 Å². The van der Waals surface area contributed by atoms with Crippen LogP contribution in [0.4, 0.5) is 0 Å². The number of hydrogen-bond donors (Lipinski definition) is 3. The second kappa shape index (κ2) is 12.2. The third-order valence-electron chi connectivity index (χ3n) is 3.96. The Morgan fingerprint density at radius 1 is 0.880 bits per heavy atom. The zero-order valence-electron chi connectivity index (χ0n) is 16.8. The van der Waals surface area contributed by atoms with Gasteiger partial charge in [0.2, 0.25) is 11.8 Å². The predicted octanol–water partition coefficient (Wildman–Crippen LogP) is 1.08. The molecule has 0 aromatic rings. The quantitative estimate of drug-likeness (QED) is 0.404. The van der Waals surface area contributed by atoms with Gasteiger partial charge in [0.05, 0.1) is 18.8 Å². The fourth-order valence-electron chi connectivity index (χ4n) is 2.06. The summed E-state index contributed by atoms with van der Waals surface area (Å²) in [5.41, 5.74) is -0.838. The van der Waals surface area contributed by atoms with Gasteiger partial charge < -0.3 is 25.4 Å². The first kappa shape index (κ1) is 23.8. The maximum Gasteiger partial charge on any atom is 0.225 e. The highest BCUT2D eigenvalue weighted by Crippen LogP contribution is 2.23. The molecule has 0 saturated heterocycles. The molecule has 0 aliphatic carbocycles. The van der Waals surface area contributed by atoms with E-state index < -0.39 is 5.41 Å². The largest absolute Gasteiger partial charge is 0.378 e. The Bertz CT molecular complexity index is 398. The lowest BCUT2D eigenvalue weighted by atomic mass is 9.88. The van der Waals surface area contributed by atoms with Crippen LogP contribution in [0.25, 0.3) is 0 Å². The van der Waals surface area contributed by atoms with Gasteiger partial charge in [0.1, 0.15) is 0 Å². The van der Waals surface area contributed by atoms with Gasteiger partial charge in [0.25, 0.3) is 0 Å². The fourth-order valence-corrected chi connectivity index (χ4v) is 2.06. The number of rotatable bonds is 14. The highest BCUT2D eigenvalue weighted by atomic mass is 16.5. The van der Waals surface area contributed by atoms with Crippen LogP contribution in [0.2, 0.25) is 0 Å². The molecule has 0 unspecified atom stereocenters. The average Bonchev–Trinajstić information content (AvgIpc) is 2.49. The molecule has 0 radical (unpaired) electrons. The third-order valence-corrected chi connectivity index (χ3v) is 3.96. The van der Waals surface area contributed by atoms with Crippen LogP contribution in [-0.2, 0) is 19.1 Å². The molecule has 0 fully saturated rings. The number of carbonyl (C=O) groups is 2. The highest BCUT2D eigenvalue weighted by molar-refractivity contribution is 5.81.